The number of fused-ring (bicyclic) bond motifs is 1. The highest BCUT2D eigenvalue weighted by atomic mass is 16.5. The third kappa shape index (κ3) is 7.60. The molecule has 0 saturated carbocycles. The van der Waals surface area contributed by atoms with Crippen LogP contribution >= 0.6 is 0 Å². The number of benzene rings is 1. The quantitative estimate of drug-likeness (QED) is 0.115. The van der Waals surface area contributed by atoms with Gasteiger partial charge in [-0.3, -0.25) is 34.2 Å². The molecule has 13 heteroatoms. The number of carbonyl (C=O) groups excluding carboxylic acids is 5. The predicted molar refractivity (Wildman–Crippen MR) is 139 cm³/mol. The molecule has 3 rings (SSSR count). The molecular weight excluding hydrogens is 510 g/mol. The third-order valence-electron chi connectivity index (χ3n) is 6.64. The highest BCUT2D eigenvalue weighted by molar-refractivity contribution is 6.26. The summed E-state index contributed by atoms with van der Waals surface area (Å²) in [6.45, 7) is 3.23. The van der Waals surface area contributed by atoms with Gasteiger partial charge in [0.05, 0.1) is 50.8 Å². The summed E-state index contributed by atoms with van der Waals surface area (Å²) >= 11 is 0. The minimum atomic E-state index is -1.51. The number of anilines is 1. The van der Waals surface area contributed by atoms with E-state index in [1.54, 1.807) is 6.07 Å². The fraction of sp³-hybridized carbons (Fsp3) is 0.577. The van der Waals surface area contributed by atoms with Crippen LogP contribution in [0.2, 0.25) is 0 Å². The molecule has 13 nitrogen and oxygen atoms in total. The van der Waals surface area contributed by atoms with Crippen molar-refractivity contribution in [3.05, 3.63) is 29.3 Å². The van der Waals surface area contributed by atoms with Crippen LogP contribution in [0.3, 0.4) is 0 Å². The van der Waals surface area contributed by atoms with E-state index in [0.717, 1.165) is 4.90 Å². The highest BCUT2D eigenvalue weighted by Crippen LogP contribution is 2.39. The highest BCUT2D eigenvalue weighted by Gasteiger charge is 2.55. The van der Waals surface area contributed by atoms with Crippen molar-refractivity contribution in [2.45, 2.75) is 44.1 Å². The average Bonchev–Trinajstić information content (AvgIpc) is 3.17. The fourth-order valence-electron chi connectivity index (χ4n) is 4.65. The number of ether oxygens (including phenoxy) is 3. The van der Waals surface area contributed by atoms with Crippen LogP contribution in [0.4, 0.5) is 5.69 Å². The maximum atomic E-state index is 13.2. The van der Waals surface area contributed by atoms with Gasteiger partial charge in [0.2, 0.25) is 11.8 Å². The van der Waals surface area contributed by atoms with Gasteiger partial charge in [-0.1, -0.05) is 6.07 Å². The first-order chi connectivity index (χ1) is 18.8. The van der Waals surface area contributed by atoms with Crippen LogP contribution in [0, 0.1) is 0 Å². The molecule has 0 spiro atoms. The van der Waals surface area contributed by atoms with Gasteiger partial charge in [-0.25, -0.2) is 0 Å². The number of piperidine rings is 1. The number of amides is 5. The lowest BCUT2D eigenvalue weighted by Crippen LogP contribution is -2.64. The zero-order valence-electron chi connectivity index (χ0n) is 22.0. The van der Waals surface area contributed by atoms with E-state index in [-0.39, 0.29) is 55.0 Å². The molecular formula is C26H37N5O8. The molecule has 0 aromatic heterocycles. The van der Waals surface area contributed by atoms with E-state index in [1.165, 1.54) is 12.1 Å². The van der Waals surface area contributed by atoms with Gasteiger partial charge in [-0.15, -0.1) is 0 Å². The van der Waals surface area contributed by atoms with E-state index in [4.69, 9.17) is 25.7 Å². The van der Waals surface area contributed by atoms with E-state index in [9.17, 15) is 24.0 Å². The van der Waals surface area contributed by atoms with E-state index in [0.29, 0.717) is 59.0 Å². The zero-order valence-corrected chi connectivity index (χ0v) is 22.0. The first kappa shape index (κ1) is 30.2. The summed E-state index contributed by atoms with van der Waals surface area (Å²) in [5.74, 6) is -2.57. The maximum Gasteiger partial charge on any atom is 0.264 e. The van der Waals surface area contributed by atoms with Crippen LogP contribution in [-0.2, 0) is 28.6 Å². The Bertz CT molecular complexity index is 1060. The lowest BCUT2D eigenvalue weighted by atomic mass is 9.82. The third-order valence-corrected chi connectivity index (χ3v) is 6.64. The number of nitrogen functional groups attached to an aromatic ring is 1. The Labute approximate surface area is 226 Å². The van der Waals surface area contributed by atoms with E-state index < -0.39 is 29.2 Å². The smallest absolute Gasteiger partial charge is 0.264 e. The molecule has 1 aromatic carbocycles. The average molecular weight is 548 g/mol. The molecule has 2 aliphatic heterocycles. The van der Waals surface area contributed by atoms with E-state index >= 15 is 0 Å². The van der Waals surface area contributed by atoms with Crippen molar-refractivity contribution in [2.24, 2.45) is 5.73 Å². The molecule has 1 unspecified atom stereocenters. The van der Waals surface area contributed by atoms with Gasteiger partial charge in [0.15, 0.2) is 0 Å². The summed E-state index contributed by atoms with van der Waals surface area (Å²) in [5.41, 5.74) is 10.1. The Hall–Kier alpha value is -3.39. The van der Waals surface area contributed by atoms with Crippen molar-refractivity contribution >= 4 is 35.2 Å². The molecule has 214 valence electrons. The van der Waals surface area contributed by atoms with Gasteiger partial charge in [-0.05, 0) is 37.8 Å². The number of nitrogens with zero attached hydrogens (tertiary/aromatic N) is 1. The first-order valence-electron chi connectivity index (χ1n) is 13.1. The van der Waals surface area contributed by atoms with Crippen molar-refractivity contribution in [3.63, 3.8) is 0 Å². The number of hydrogen-bond acceptors (Lipinski definition) is 10. The molecule has 6 N–H and O–H groups in total. The van der Waals surface area contributed by atoms with E-state index in [1.807, 2.05) is 0 Å². The second-order valence-electron chi connectivity index (χ2n) is 9.31. The van der Waals surface area contributed by atoms with Crippen LogP contribution in [0.1, 0.15) is 59.2 Å². The molecule has 0 bridgehead atoms. The number of nitrogens with two attached hydrogens (primary N) is 2. The first-order valence-corrected chi connectivity index (χ1v) is 13.1. The Kier molecular flexibility index (Phi) is 11.3. The Morgan fingerprint density at radius 1 is 0.974 bits per heavy atom. The van der Waals surface area contributed by atoms with Crippen molar-refractivity contribution < 1.29 is 38.2 Å². The minimum absolute atomic E-state index is 0.00152. The number of imide groups is 2. The van der Waals surface area contributed by atoms with Crippen molar-refractivity contribution in [2.75, 3.05) is 58.5 Å². The van der Waals surface area contributed by atoms with Gasteiger partial charge in [-0.2, -0.15) is 0 Å². The molecule has 1 fully saturated rings. The Morgan fingerprint density at radius 2 is 1.67 bits per heavy atom. The molecule has 2 aliphatic rings. The van der Waals surface area contributed by atoms with Crippen LogP contribution in [0.25, 0.3) is 0 Å². The topological polar surface area (TPSA) is 192 Å². The summed E-state index contributed by atoms with van der Waals surface area (Å²) in [7, 11) is 0. The summed E-state index contributed by atoms with van der Waals surface area (Å²) < 4.78 is 15.9. The molecule has 5 amide bonds. The van der Waals surface area contributed by atoms with Gasteiger partial charge >= 0.3 is 0 Å². The van der Waals surface area contributed by atoms with Crippen LogP contribution in [0.5, 0.6) is 0 Å². The lowest BCUT2D eigenvalue weighted by molar-refractivity contribution is -0.142. The number of nitrogens with one attached hydrogen (secondary N) is 2. The van der Waals surface area contributed by atoms with Gasteiger partial charge < -0.3 is 31.0 Å². The van der Waals surface area contributed by atoms with Gasteiger partial charge in [0.25, 0.3) is 17.7 Å². The molecule has 0 radical (unpaired) electrons. The van der Waals surface area contributed by atoms with Crippen LogP contribution < -0.4 is 22.1 Å². The molecule has 1 saturated heterocycles. The Morgan fingerprint density at radius 3 is 2.33 bits per heavy atom. The van der Waals surface area contributed by atoms with Gasteiger partial charge in [0.1, 0.15) is 5.54 Å². The van der Waals surface area contributed by atoms with Crippen LogP contribution in [-0.4, -0.2) is 92.7 Å². The fourth-order valence-corrected chi connectivity index (χ4v) is 4.65. The summed E-state index contributed by atoms with van der Waals surface area (Å²) in [6, 6.07) is 4.59. The monoisotopic (exact) mass is 547 g/mol. The number of rotatable bonds is 17. The molecule has 1 atom stereocenters. The van der Waals surface area contributed by atoms with E-state index in [2.05, 4.69) is 10.6 Å². The predicted octanol–water partition coefficient (Wildman–Crippen LogP) is -0.275. The minimum Gasteiger partial charge on any atom is -0.398 e. The van der Waals surface area contributed by atoms with Gasteiger partial charge in [0, 0.05) is 31.6 Å². The summed E-state index contributed by atoms with van der Waals surface area (Å²) in [6.07, 6.45) is 1.28. The number of hydrogen-bond donors (Lipinski definition) is 4. The molecule has 1 aromatic rings. The van der Waals surface area contributed by atoms with Crippen molar-refractivity contribution in [1.29, 1.82) is 0 Å². The molecule has 0 aliphatic carbocycles. The number of carbonyl (C=O) groups is 5. The largest absolute Gasteiger partial charge is 0.398 e. The lowest BCUT2D eigenvalue weighted by Gasteiger charge is -2.41. The zero-order chi connectivity index (χ0) is 28.3. The second kappa shape index (κ2) is 14.7. The van der Waals surface area contributed by atoms with Crippen LogP contribution in [0.15, 0.2) is 18.2 Å². The maximum absolute atomic E-state index is 13.2. The van der Waals surface area contributed by atoms with Crippen molar-refractivity contribution in [1.82, 2.24) is 15.5 Å². The number of unbranched alkanes of at least 4 members (excludes halogenated alkanes) is 1. The summed E-state index contributed by atoms with van der Waals surface area (Å²) in [4.78, 5) is 64.4. The normalized spacial score (nSPS) is 18.8. The Balaban J connectivity index is 1.42. The summed E-state index contributed by atoms with van der Waals surface area (Å²) in [5, 5.41) is 5.08. The standard InChI is InChI=1S/C26H37N5O8/c27-10-13-38-15-17-39-16-14-37-12-7-20(32)29-11-2-1-8-26(9-6-21(33)30-25(26)36)31-23(34)18-4-3-5-19(28)22(18)24(31)35/h3-5H,1-2,6-17,27-28H2,(H,29,32)(H,30,33,36). The molecule has 39 heavy (non-hydrogen) atoms. The van der Waals surface area contributed by atoms with Crippen molar-refractivity contribution in [3.8, 4) is 0 Å². The molecule has 2 heterocycles. The SMILES string of the molecule is NCCOCCOCCOCCC(=O)NCCCCC1(N2C(=O)c3cccc(N)c3C2=O)CCC(=O)NC1=O. The second-order valence-corrected chi connectivity index (χ2v) is 9.31.